The molecule has 0 atom stereocenters. The number of nitrogens with zero attached hydrogens (tertiary/aromatic N) is 6. The first-order valence-electron chi connectivity index (χ1n) is 8.36. The molecule has 0 saturated carbocycles. The number of pyridine rings is 1. The van der Waals surface area contributed by atoms with Gasteiger partial charge in [0.15, 0.2) is 11.3 Å². The van der Waals surface area contributed by atoms with Crippen LogP contribution in [0.2, 0.25) is 0 Å². The molecule has 0 aliphatic rings. The lowest BCUT2D eigenvalue weighted by Gasteiger charge is -2.10. The van der Waals surface area contributed by atoms with E-state index in [4.69, 9.17) is 4.74 Å². The van der Waals surface area contributed by atoms with E-state index in [1.807, 2.05) is 34.6 Å². The van der Waals surface area contributed by atoms with E-state index in [2.05, 4.69) is 34.0 Å². The number of fused-ring (bicyclic) bond motifs is 5. The summed E-state index contributed by atoms with van der Waals surface area (Å²) in [5.41, 5.74) is 3.50. The van der Waals surface area contributed by atoms with Gasteiger partial charge in [0.2, 0.25) is 5.88 Å². The molecule has 0 radical (unpaired) electrons. The third-order valence-electron chi connectivity index (χ3n) is 4.15. The minimum Gasteiger partial charge on any atom is -0.477 e. The largest absolute Gasteiger partial charge is 0.477 e. The van der Waals surface area contributed by atoms with Gasteiger partial charge in [0, 0.05) is 18.8 Å². The average molecular weight is 324 g/mol. The summed E-state index contributed by atoms with van der Waals surface area (Å²) in [6, 6.07) is 1.96. The summed E-state index contributed by atoms with van der Waals surface area (Å²) in [6.45, 7) is 7.58. The first-order valence-corrected chi connectivity index (χ1v) is 8.36. The van der Waals surface area contributed by atoms with Crippen molar-refractivity contribution in [1.29, 1.82) is 0 Å². The molecule has 0 fully saturated rings. The Labute approximate surface area is 139 Å². The summed E-state index contributed by atoms with van der Waals surface area (Å²) in [4.78, 5) is 9.22. The molecular formula is C17H20N6O. The standard InChI is InChI=1S/C17H20N6O/c1-4-6-7-24-17-13-9-18-16-12(10-19-22(16)5-2)15(13)23-14(20-17)8-11(3)21-23/h8-10H,4-7H2,1-3H3. The second-order valence-corrected chi connectivity index (χ2v) is 5.89. The number of ether oxygens (including phenoxy) is 1. The maximum Gasteiger partial charge on any atom is 0.226 e. The lowest BCUT2D eigenvalue weighted by Crippen LogP contribution is -2.04. The van der Waals surface area contributed by atoms with Gasteiger partial charge in [-0.1, -0.05) is 13.3 Å². The van der Waals surface area contributed by atoms with Crippen molar-refractivity contribution in [3.05, 3.63) is 24.2 Å². The zero-order valence-electron chi connectivity index (χ0n) is 14.2. The van der Waals surface area contributed by atoms with Gasteiger partial charge in [0.05, 0.1) is 34.8 Å². The van der Waals surface area contributed by atoms with Crippen LogP contribution in [0.1, 0.15) is 32.4 Å². The van der Waals surface area contributed by atoms with E-state index >= 15 is 0 Å². The maximum absolute atomic E-state index is 5.94. The Kier molecular flexibility index (Phi) is 3.55. The second-order valence-electron chi connectivity index (χ2n) is 5.89. The summed E-state index contributed by atoms with van der Waals surface area (Å²) in [5.74, 6) is 0.615. The van der Waals surface area contributed by atoms with Crippen LogP contribution in [0.25, 0.3) is 27.6 Å². The van der Waals surface area contributed by atoms with Crippen LogP contribution in [0.3, 0.4) is 0 Å². The molecule has 0 saturated heterocycles. The second kappa shape index (κ2) is 5.74. The van der Waals surface area contributed by atoms with Crippen molar-refractivity contribution < 1.29 is 4.74 Å². The molecule has 0 spiro atoms. The Hall–Kier alpha value is -2.70. The zero-order chi connectivity index (χ0) is 16.7. The van der Waals surface area contributed by atoms with Gasteiger partial charge < -0.3 is 4.74 Å². The maximum atomic E-state index is 5.94. The SMILES string of the molecule is CCCCOc1nc2cc(C)nn2c2c1cnc1c2cnn1CC. The number of hydrogen-bond acceptors (Lipinski definition) is 5. The van der Waals surface area contributed by atoms with E-state index in [9.17, 15) is 0 Å². The quantitative estimate of drug-likeness (QED) is 0.527. The molecule has 7 nitrogen and oxygen atoms in total. The molecule has 4 rings (SSSR count). The normalized spacial score (nSPS) is 11.8. The first kappa shape index (κ1) is 14.9. The topological polar surface area (TPSA) is 70.1 Å². The highest BCUT2D eigenvalue weighted by molar-refractivity contribution is 6.04. The van der Waals surface area contributed by atoms with Crippen LogP contribution in [-0.2, 0) is 6.54 Å². The summed E-state index contributed by atoms with van der Waals surface area (Å²) >= 11 is 0. The number of rotatable bonds is 5. The van der Waals surface area contributed by atoms with Crippen LogP contribution in [0.15, 0.2) is 18.5 Å². The van der Waals surface area contributed by atoms with Gasteiger partial charge >= 0.3 is 0 Å². The predicted octanol–water partition coefficient (Wildman–Crippen LogP) is 3.13. The fourth-order valence-electron chi connectivity index (χ4n) is 2.95. The Morgan fingerprint density at radius 2 is 2.04 bits per heavy atom. The van der Waals surface area contributed by atoms with Crippen molar-refractivity contribution in [2.75, 3.05) is 6.61 Å². The molecule has 0 amide bonds. The fraction of sp³-hybridized carbons (Fsp3) is 0.412. The van der Waals surface area contributed by atoms with Gasteiger partial charge in [-0.3, -0.25) is 0 Å². The molecule has 0 unspecified atom stereocenters. The van der Waals surface area contributed by atoms with Gasteiger partial charge in [0.25, 0.3) is 0 Å². The molecular weight excluding hydrogens is 304 g/mol. The first-order chi connectivity index (χ1) is 11.7. The lowest BCUT2D eigenvalue weighted by atomic mass is 10.2. The molecule has 0 bridgehead atoms. The van der Waals surface area contributed by atoms with Gasteiger partial charge in [-0.25, -0.2) is 14.2 Å². The van der Waals surface area contributed by atoms with Crippen LogP contribution in [-0.4, -0.2) is 36.0 Å². The molecule has 4 aromatic heterocycles. The van der Waals surface area contributed by atoms with Crippen molar-refractivity contribution in [2.45, 2.75) is 40.2 Å². The van der Waals surface area contributed by atoms with E-state index in [0.29, 0.717) is 12.5 Å². The lowest BCUT2D eigenvalue weighted by molar-refractivity contribution is 0.302. The summed E-state index contributed by atoms with van der Waals surface area (Å²) in [6.07, 6.45) is 5.74. The molecule has 4 heterocycles. The molecule has 124 valence electrons. The highest BCUT2D eigenvalue weighted by atomic mass is 16.5. The smallest absolute Gasteiger partial charge is 0.226 e. The number of aryl methyl sites for hydroxylation is 2. The number of aromatic nitrogens is 6. The Morgan fingerprint density at radius 1 is 1.17 bits per heavy atom. The van der Waals surface area contributed by atoms with Crippen molar-refractivity contribution in [1.82, 2.24) is 29.4 Å². The third-order valence-corrected chi connectivity index (χ3v) is 4.15. The summed E-state index contributed by atoms with van der Waals surface area (Å²) in [7, 11) is 0. The van der Waals surface area contributed by atoms with Gasteiger partial charge in [-0.15, -0.1) is 0 Å². The van der Waals surface area contributed by atoms with Gasteiger partial charge in [0.1, 0.15) is 0 Å². The minimum absolute atomic E-state index is 0.615. The molecule has 0 aliphatic carbocycles. The van der Waals surface area contributed by atoms with Crippen LogP contribution in [0.4, 0.5) is 0 Å². The predicted molar refractivity (Wildman–Crippen MR) is 92.4 cm³/mol. The van der Waals surface area contributed by atoms with Crippen molar-refractivity contribution in [2.24, 2.45) is 0 Å². The highest BCUT2D eigenvalue weighted by Gasteiger charge is 2.17. The van der Waals surface area contributed by atoms with Gasteiger partial charge in [-0.05, 0) is 20.3 Å². The van der Waals surface area contributed by atoms with Crippen molar-refractivity contribution >= 4 is 27.6 Å². The fourth-order valence-corrected chi connectivity index (χ4v) is 2.95. The van der Waals surface area contributed by atoms with E-state index in [1.165, 1.54) is 0 Å². The Bertz CT molecular complexity index is 1030. The molecule has 0 aromatic carbocycles. The molecule has 7 heteroatoms. The van der Waals surface area contributed by atoms with Crippen molar-refractivity contribution in [3.8, 4) is 5.88 Å². The van der Waals surface area contributed by atoms with E-state index < -0.39 is 0 Å². The monoisotopic (exact) mass is 324 g/mol. The zero-order valence-corrected chi connectivity index (χ0v) is 14.2. The number of hydrogen-bond donors (Lipinski definition) is 0. The highest BCUT2D eigenvalue weighted by Crippen LogP contribution is 2.30. The van der Waals surface area contributed by atoms with Crippen molar-refractivity contribution in [3.63, 3.8) is 0 Å². The molecule has 4 aromatic rings. The summed E-state index contributed by atoms with van der Waals surface area (Å²) in [5, 5.41) is 10.9. The van der Waals surface area contributed by atoms with E-state index in [0.717, 1.165) is 52.7 Å². The average Bonchev–Trinajstić information content (AvgIpc) is 3.16. The van der Waals surface area contributed by atoms with Crippen LogP contribution < -0.4 is 4.74 Å². The summed E-state index contributed by atoms with van der Waals surface area (Å²) < 4.78 is 9.69. The molecule has 0 N–H and O–H groups in total. The van der Waals surface area contributed by atoms with E-state index in [-0.39, 0.29) is 0 Å². The molecule has 0 aliphatic heterocycles. The Morgan fingerprint density at radius 3 is 2.83 bits per heavy atom. The minimum atomic E-state index is 0.615. The van der Waals surface area contributed by atoms with Gasteiger partial charge in [-0.2, -0.15) is 15.2 Å². The van der Waals surface area contributed by atoms with E-state index in [1.54, 1.807) is 0 Å². The van der Waals surface area contributed by atoms with Crippen LogP contribution in [0, 0.1) is 6.92 Å². The third kappa shape index (κ3) is 2.19. The Balaban J connectivity index is 2.05. The van der Waals surface area contributed by atoms with Crippen LogP contribution in [0.5, 0.6) is 5.88 Å². The van der Waals surface area contributed by atoms with Crippen LogP contribution >= 0.6 is 0 Å². The number of unbranched alkanes of at least 4 members (excludes halogenated alkanes) is 1. The molecule has 24 heavy (non-hydrogen) atoms.